The van der Waals surface area contributed by atoms with E-state index in [2.05, 4.69) is 15.9 Å². The molecule has 0 N–H and O–H groups in total. The van der Waals surface area contributed by atoms with Gasteiger partial charge in [0.25, 0.3) is 0 Å². The third-order valence-electron chi connectivity index (χ3n) is 1.19. The Hall–Kier alpha value is -0.0200. The lowest BCUT2D eigenvalue weighted by Gasteiger charge is -1.99. The molecule has 0 aliphatic heterocycles. The van der Waals surface area contributed by atoms with Crippen LogP contribution in [0.5, 0.6) is 0 Å². The lowest BCUT2D eigenvalue weighted by Crippen LogP contribution is -1.80. The van der Waals surface area contributed by atoms with E-state index in [1.807, 2.05) is 6.92 Å². The van der Waals surface area contributed by atoms with E-state index < -0.39 is 0 Å². The van der Waals surface area contributed by atoms with Gasteiger partial charge in [-0.15, -0.1) is 11.8 Å². The first-order valence-corrected chi connectivity index (χ1v) is 5.09. The standard InChI is InChI=1S/C8H8BrFS/c1-2-11-8-5-6(9)3-4-7(8)10/h3-5H,2H2,1H3. The van der Waals surface area contributed by atoms with Crippen molar-refractivity contribution in [2.75, 3.05) is 5.75 Å². The Kier molecular flexibility index (Phi) is 3.40. The van der Waals surface area contributed by atoms with Crippen molar-refractivity contribution >= 4 is 27.7 Å². The summed E-state index contributed by atoms with van der Waals surface area (Å²) in [6.07, 6.45) is 0. The largest absolute Gasteiger partial charge is 0.206 e. The zero-order chi connectivity index (χ0) is 8.27. The summed E-state index contributed by atoms with van der Waals surface area (Å²) >= 11 is 4.80. The first kappa shape index (κ1) is 9.07. The second-order valence-corrected chi connectivity index (χ2v) is 4.23. The van der Waals surface area contributed by atoms with Gasteiger partial charge in [-0.25, -0.2) is 4.39 Å². The molecule has 0 radical (unpaired) electrons. The normalized spacial score (nSPS) is 10.1. The molecule has 11 heavy (non-hydrogen) atoms. The van der Waals surface area contributed by atoms with Crippen molar-refractivity contribution in [3.63, 3.8) is 0 Å². The van der Waals surface area contributed by atoms with Crippen molar-refractivity contribution in [3.8, 4) is 0 Å². The molecule has 0 unspecified atom stereocenters. The summed E-state index contributed by atoms with van der Waals surface area (Å²) < 4.78 is 13.8. The molecule has 0 amide bonds. The van der Waals surface area contributed by atoms with Gasteiger partial charge in [0.05, 0.1) is 0 Å². The molecular formula is C8H8BrFS. The molecule has 0 aliphatic carbocycles. The van der Waals surface area contributed by atoms with Crippen LogP contribution in [0.15, 0.2) is 27.6 Å². The average molecular weight is 235 g/mol. The first-order valence-electron chi connectivity index (χ1n) is 3.32. The highest BCUT2D eigenvalue weighted by molar-refractivity contribution is 9.10. The van der Waals surface area contributed by atoms with Crippen LogP contribution in [0, 0.1) is 5.82 Å². The van der Waals surface area contributed by atoms with Crippen molar-refractivity contribution in [3.05, 3.63) is 28.5 Å². The highest BCUT2D eigenvalue weighted by atomic mass is 79.9. The van der Waals surface area contributed by atoms with Gasteiger partial charge in [0, 0.05) is 9.37 Å². The van der Waals surface area contributed by atoms with Crippen LogP contribution < -0.4 is 0 Å². The summed E-state index contributed by atoms with van der Waals surface area (Å²) in [7, 11) is 0. The summed E-state index contributed by atoms with van der Waals surface area (Å²) in [5.41, 5.74) is 0. The molecule has 0 saturated heterocycles. The van der Waals surface area contributed by atoms with Gasteiger partial charge in [-0.1, -0.05) is 22.9 Å². The molecule has 0 heterocycles. The minimum absolute atomic E-state index is 0.139. The predicted molar refractivity (Wildman–Crippen MR) is 50.5 cm³/mol. The predicted octanol–water partition coefficient (Wildman–Crippen LogP) is 3.70. The van der Waals surface area contributed by atoms with Crippen molar-refractivity contribution < 1.29 is 4.39 Å². The van der Waals surface area contributed by atoms with Crippen LogP contribution in [0.1, 0.15) is 6.92 Å². The van der Waals surface area contributed by atoms with Gasteiger partial charge in [-0.05, 0) is 24.0 Å². The number of halogens is 2. The zero-order valence-corrected chi connectivity index (χ0v) is 8.51. The van der Waals surface area contributed by atoms with Gasteiger partial charge in [0.2, 0.25) is 0 Å². The highest BCUT2D eigenvalue weighted by Crippen LogP contribution is 2.24. The van der Waals surface area contributed by atoms with Crippen LogP contribution >= 0.6 is 27.7 Å². The molecule has 0 bridgehead atoms. The fourth-order valence-corrected chi connectivity index (χ4v) is 1.98. The van der Waals surface area contributed by atoms with Gasteiger partial charge >= 0.3 is 0 Å². The van der Waals surface area contributed by atoms with E-state index in [1.54, 1.807) is 12.1 Å². The van der Waals surface area contributed by atoms with Crippen LogP contribution in [-0.2, 0) is 0 Å². The van der Waals surface area contributed by atoms with Gasteiger partial charge in [-0.2, -0.15) is 0 Å². The van der Waals surface area contributed by atoms with Crippen LogP contribution in [0.3, 0.4) is 0 Å². The maximum atomic E-state index is 12.9. The molecule has 0 saturated carbocycles. The quantitative estimate of drug-likeness (QED) is 0.704. The Morgan fingerprint density at radius 2 is 2.27 bits per heavy atom. The monoisotopic (exact) mass is 234 g/mol. The van der Waals surface area contributed by atoms with E-state index >= 15 is 0 Å². The van der Waals surface area contributed by atoms with Crippen molar-refractivity contribution in [1.82, 2.24) is 0 Å². The Labute approximate surface area is 78.3 Å². The Morgan fingerprint density at radius 1 is 1.55 bits per heavy atom. The molecule has 0 spiro atoms. The minimum Gasteiger partial charge on any atom is -0.206 e. The van der Waals surface area contributed by atoms with Crippen molar-refractivity contribution in [2.24, 2.45) is 0 Å². The molecule has 0 nitrogen and oxygen atoms in total. The lowest BCUT2D eigenvalue weighted by atomic mass is 10.3. The van der Waals surface area contributed by atoms with E-state index in [9.17, 15) is 4.39 Å². The van der Waals surface area contributed by atoms with E-state index in [1.165, 1.54) is 17.8 Å². The van der Waals surface area contributed by atoms with Crippen LogP contribution in [-0.4, -0.2) is 5.75 Å². The van der Waals surface area contributed by atoms with Crippen molar-refractivity contribution in [1.29, 1.82) is 0 Å². The number of rotatable bonds is 2. The van der Waals surface area contributed by atoms with E-state index in [0.717, 1.165) is 10.2 Å². The Balaban J connectivity index is 2.93. The molecule has 1 aromatic carbocycles. The van der Waals surface area contributed by atoms with Crippen molar-refractivity contribution in [2.45, 2.75) is 11.8 Å². The summed E-state index contributed by atoms with van der Waals surface area (Å²) in [5, 5.41) is 0. The maximum Gasteiger partial charge on any atom is 0.136 e. The molecule has 0 atom stereocenters. The fourth-order valence-electron chi connectivity index (χ4n) is 0.743. The lowest BCUT2D eigenvalue weighted by molar-refractivity contribution is 0.601. The second-order valence-electron chi connectivity index (χ2n) is 2.01. The van der Waals surface area contributed by atoms with E-state index in [0.29, 0.717) is 4.90 Å². The molecule has 60 valence electrons. The summed E-state index contributed by atoms with van der Waals surface area (Å²) in [4.78, 5) is 0.710. The topological polar surface area (TPSA) is 0 Å². The zero-order valence-electron chi connectivity index (χ0n) is 6.10. The number of benzene rings is 1. The Bertz CT molecular complexity index is 250. The van der Waals surface area contributed by atoms with Gasteiger partial charge in [0.1, 0.15) is 5.82 Å². The number of hydrogen-bond donors (Lipinski definition) is 0. The second kappa shape index (κ2) is 4.12. The maximum absolute atomic E-state index is 12.9. The van der Waals surface area contributed by atoms with Gasteiger partial charge in [0.15, 0.2) is 0 Å². The SMILES string of the molecule is CCSc1cc(Br)ccc1F. The molecule has 1 rings (SSSR count). The molecule has 0 fully saturated rings. The number of hydrogen-bond acceptors (Lipinski definition) is 1. The third kappa shape index (κ3) is 2.49. The minimum atomic E-state index is -0.139. The average Bonchev–Trinajstić information content (AvgIpc) is 1.98. The summed E-state index contributed by atoms with van der Waals surface area (Å²) in [6, 6.07) is 4.97. The molecule has 0 aliphatic rings. The van der Waals surface area contributed by atoms with Crippen LogP contribution in [0.4, 0.5) is 4.39 Å². The smallest absolute Gasteiger partial charge is 0.136 e. The molecule has 0 aromatic heterocycles. The molecule has 3 heteroatoms. The Morgan fingerprint density at radius 3 is 2.91 bits per heavy atom. The third-order valence-corrected chi connectivity index (χ3v) is 2.60. The summed E-state index contributed by atoms with van der Waals surface area (Å²) in [5.74, 6) is 0.757. The first-order chi connectivity index (χ1) is 5.24. The van der Waals surface area contributed by atoms with Gasteiger partial charge < -0.3 is 0 Å². The summed E-state index contributed by atoms with van der Waals surface area (Å²) in [6.45, 7) is 2.00. The highest BCUT2D eigenvalue weighted by Gasteiger charge is 2.00. The van der Waals surface area contributed by atoms with Crippen LogP contribution in [0.2, 0.25) is 0 Å². The number of thioether (sulfide) groups is 1. The van der Waals surface area contributed by atoms with E-state index in [-0.39, 0.29) is 5.82 Å². The molecule has 1 aromatic rings. The van der Waals surface area contributed by atoms with E-state index in [4.69, 9.17) is 0 Å². The van der Waals surface area contributed by atoms with Crippen LogP contribution in [0.25, 0.3) is 0 Å². The fraction of sp³-hybridized carbons (Fsp3) is 0.250. The molecular weight excluding hydrogens is 227 g/mol. The van der Waals surface area contributed by atoms with Gasteiger partial charge in [-0.3, -0.25) is 0 Å².